The van der Waals surface area contributed by atoms with Crippen LogP contribution in [0.5, 0.6) is 0 Å². The Bertz CT molecular complexity index is 1630. The summed E-state index contributed by atoms with van der Waals surface area (Å²) in [5, 5.41) is 18.2. The number of fused-ring (bicyclic) bond motifs is 2. The zero-order valence-corrected chi connectivity index (χ0v) is 25.4. The van der Waals surface area contributed by atoms with Crippen LogP contribution < -0.4 is 21.7 Å². The number of carbonyl (C=O) groups excluding carboxylic acids is 3. The number of benzene rings is 2. The highest BCUT2D eigenvalue weighted by Crippen LogP contribution is 2.47. The van der Waals surface area contributed by atoms with E-state index in [1.807, 2.05) is 31.2 Å². The molecule has 2 atom stereocenters. The largest absolute Gasteiger partial charge is 0.459 e. The predicted octanol–water partition coefficient (Wildman–Crippen LogP) is 1.41. The monoisotopic (exact) mass is 599 g/mol. The Morgan fingerprint density at radius 2 is 1.66 bits per heavy atom. The SMILES string of the molecule is CNC(=O)c1ccc2c(c1)CCc1cc(C(=O)NC)ccc1C2(C[C@H](C)NCC(=O)N1CCC[C@H]1C#N)c1nc(=O)on1C. The molecule has 1 aromatic heterocycles. The summed E-state index contributed by atoms with van der Waals surface area (Å²) < 4.78 is 6.78. The number of nitriles is 1. The van der Waals surface area contributed by atoms with E-state index in [1.165, 1.54) is 4.74 Å². The highest BCUT2D eigenvalue weighted by atomic mass is 16.5. The number of hydrogen-bond donors (Lipinski definition) is 3. The van der Waals surface area contributed by atoms with Crippen LogP contribution in [-0.2, 0) is 30.1 Å². The maximum Gasteiger partial charge on any atom is 0.459 e. The second kappa shape index (κ2) is 12.5. The second-order valence-corrected chi connectivity index (χ2v) is 11.5. The highest BCUT2D eigenvalue weighted by molar-refractivity contribution is 5.95. The lowest BCUT2D eigenvalue weighted by Crippen LogP contribution is -2.46. The van der Waals surface area contributed by atoms with E-state index in [9.17, 15) is 24.4 Å². The van der Waals surface area contributed by atoms with Crippen LogP contribution in [0.3, 0.4) is 0 Å². The molecule has 1 saturated heterocycles. The van der Waals surface area contributed by atoms with Crippen LogP contribution in [0.15, 0.2) is 45.7 Å². The molecule has 0 radical (unpaired) electrons. The zero-order chi connectivity index (χ0) is 31.6. The van der Waals surface area contributed by atoms with Gasteiger partial charge in [-0.25, -0.2) is 4.79 Å². The summed E-state index contributed by atoms with van der Waals surface area (Å²) >= 11 is 0. The van der Waals surface area contributed by atoms with Gasteiger partial charge in [0, 0.05) is 44.9 Å². The fraction of sp³-hybridized carbons (Fsp3) is 0.438. The van der Waals surface area contributed by atoms with Crippen molar-refractivity contribution in [3.63, 3.8) is 0 Å². The third-order valence-electron chi connectivity index (χ3n) is 8.80. The van der Waals surface area contributed by atoms with E-state index in [0.29, 0.717) is 49.2 Å². The Morgan fingerprint density at radius 1 is 1.07 bits per heavy atom. The first-order valence-electron chi connectivity index (χ1n) is 14.8. The topological polar surface area (TPSA) is 162 Å². The van der Waals surface area contributed by atoms with Crippen LogP contribution >= 0.6 is 0 Å². The molecule has 1 aliphatic heterocycles. The Kier molecular flexibility index (Phi) is 8.69. The first-order valence-corrected chi connectivity index (χ1v) is 14.8. The van der Waals surface area contributed by atoms with Crippen molar-refractivity contribution in [3.8, 4) is 6.07 Å². The lowest BCUT2D eigenvalue weighted by atomic mass is 9.67. The maximum atomic E-state index is 13.1. The molecule has 2 aromatic carbocycles. The standard InChI is InChI=1S/C32H37N7O5/c1-19(36-18-27(40)39-13-5-6-24(39)17-33)16-32(30-37-31(43)44-38(30)4)25-11-9-22(28(41)34-2)14-20(25)7-8-21-15-23(29(42)35-3)10-12-26(21)32/h9-12,14-15,19,24,36H,5-8,13,16,18H2,1-4H3,(H,34,41)(H,35,42)/t19-,24-/m0/s1. The molecule has 0 bridgehead atoms. The molecule has 3 aromatic rings. The van der Waals surface area contributed by atoms with Gasteiger partial charge in [-0.15, -0.1) is 0 Å². The number of hydrogen-bond acceptors (Lipinski definition) is 8. The molecule has 0 saturated carbocycles. The van der Waals surface area contributed by atoms with Gasteiger partial charge in [0.15, 0.2) is 5.82 Å². The third-order valence-corrected chi connectivity index (χ3v) is 8.80. The molecule has 1 fully saturated rings. The van der Waals surface area contributed by atoms with E-state index in [2.05, 4.69) is 27.0 Å². The molecular formula is C32H37N7O5. The van der Waals surface area contributed by atoms with Crippen LogP contribution in [0.2, 0.25) is 0 Å². The molecule has 44 heavy (non-hydrogen) atoms. The van der Waals surface area contributed by atoms with Gasteiger partial charge in [0.05, 0.1) is 18.0 Å². The molecule has 3 N–H and O–H groups in total. The molecule has 0 unspecified atom stereocenters. The molecule has 2 heterocycles. The molecule has 0 spiro atoms. The van der Waals surface area contributed by atoms with Crippen LogP contribution in [0.1, 0.15) is 75.0 Å². The van der Waals surface area contributed by atoms with E-state index >= 15 is 0 Å². The fourth-order valence-electron chi connectivity index (χ4n) is 6.77. The summed E-state index contributed by atoms with van der Waals surface area (Å²) in [6.45, 7) is 2.55. The minimum atomic E-state index is -1.05. The van der Waals surface area contributed by atoms with Gasteiger partial charge in [-0.2, -0.15) is 15.0 Å². The molecular weight excluding hydrogens is 562 g/mol. The first kappa shape index (κ1) is 30.7. The van der Waals surface area contributed by atoms with Gasteiger partial charge >= 0.3 is 5.76 Å². The van der Waals surface area contributed by atoms with Crippen molar-refractivity contribution in [2.45, 2.75) is 56.5 Å². The lowest BCUT2D eigenvalue weighted by Gasteiger charge is -2.37. The summed E-state index contributed by atoms with van der Waals surface area (Å²) in [5.41, 5.74) is 3.45. The number of carbonyl (C=O) groups is 3. The molecule has 12 heteroatoms. The predicted molar refractivity (Wildman–Crippen MR) is 161 cm³/mol. The fourth-order valence-corrected chi connectivity index (χ4v) is 6.77. The van der Waals surface area contributed by atoms with E-state index in [0.717, 1.165) is 28.7 Å². The summed E-state index contributed by atoms with van der Waals surface area (Å²) in [4.78, 5) is 56.9. The van der Waals surface area contributed by atoms with Crippen LogP contribution in [0.4, 0.5) is 0 Å². The van der Waals surface area contributed by atoms with E-state index < -0.39 is 17.2 Å². The molecule has 5 rings (SSSR count). The third kappa shape index (κ3) is 5.51. The Morgan fingerprint density at radius 3 is 2.16 bits per heavy atom. The van der Waals surface area contributed by atoms with Gasteiger partial charge in [0.25, 0.3) is 11.8 Å². The first-order chi connectivity index (χ1) is 21.1. The molecule has 230 valence electrons. The van der Waals surface area contributed by atoms with Crippen molar-refractivity contribution in [2.24, 2.45) is 7.05 Å². The zero-order valence-electron chi connectivity index (χ0n) is 25.4. The van der Waals surface area contributed by atoms with Gasteiger partial charge < -0.3 is 25.4 Å². The van der Waals surface area contributed by atoms with Gasteiger partial charge in [0.1, 0.15) is 6.04 Å². The van der Waals surface area contributed by atoms with Gasteiger partial charge in [-0.3, -0.25) is 14.4 Å². The summed E-state index contributed by atoms with van der Waals surface area (Å²) in [5.74, 6) is -0.957. The van der Waals surface area contributed by atoms with Crippen molar-refractivity contribution in [1.82, 2.24) is 30.6 Å². The molecule has 1 aliphatic carbocycles. The van der Waals surface area contributed by atoms with Crippen molar-refractivity contribution in [1.29, 1.82) is 5.26 Å². The van der Waals surface area contributed by atoms with E-state index in [4.69, 9.17) is 4.52 Å². The second-order valence-electron chi connectivity index (χ2n) is 11.5. The number of likely N-dealkylation sites (tertiary alicyclic amines) is 1. The summed E-state index contributed by atoms with van der Waals surface area (Å²) in [6.07, 6.45) is 2.98. The average Bonchev–Trinajstić information content (AvgIpc) is 3.62. The number of amides is 3. The van der Waals surface area contributed by atoms with Gasteiger partial charge in [-0.1, -0.05) is 12.1 Å². The molecule has 2 aliphatic rings. The quantitative estimate of drug-likeness (QED) is 0.350. The average molecular weight is 600 g/mol. The van der Waals surface area contributed by atoms with Crippen LogP contribution in [-0.4, -0.2) is 71.6 Å². The Hall–Kier alpha value is -4.76. The van der Waals surface area contributed by atoms with E-state index in [-0.39, 0.29) is 30.3 Å². The van der Waals surface area contributed by atoms with Crippen LogP contribution in [0, 0.1) is 11.3 Å². The van der Waals surface area contributed by atoms with E-state index in [1.54, 1.807) is 38.2 Å². The highest BCUT2D eigenvalue weighted by Gasteiger charge is 2.46. The molecule has 12 nitrogen and oxygen atoms in total. The maximum absolute atomic E-state index is 13.1. The Labute approximate surface area is 255 Å². The summed E-state index contributed by atoms with van der Waals surface area (Å²) in [6, 6.07) is 12.6. The number of nitrogens with zero attached hydrogens (tertiary/aromatic N) is 4. The normalized spacial score (nSPS) is 17.5. The molecule has 3 amide bonds. The number of aromatic nitrogens is 2. The minimum absolute atomic E-state index is 0.0398. The van der Waals surface area contributed by atoms with Crippen molar-refractivity contribution in [2.75, 3.05) is 27.2 Å². The van der Waals surface area contributed by atoms with Gasteiger partial charge in [-0.05, 0) is 85.5 Å². The van der Waals surface area contributed by atoms with Gasteiger partial charge in [0.2, 0.25) is 5.91 Å². The number of aryl methyl sites for hydroxylation is 3. The smallest absolute Gasteiger partial charge is 0.355 e. The number of rotatable bonds is 8. The van der Waals surface area contributed by atoms with Crippen molar-refractivity contribution >= 4 is 17.7 Å². The lowest BCUT2D eigenvalue weighted by molar-refractivity contribution is -0.130. The van der Waals surface area contributed by atoms with Crippen molar-refractivity contribution in [3.05, 3.63) is 86.2 Å². The van der Waals surface area contributed by atoms with Crippen LogP contribution in [0.25, 0.3) is 0 Å². The summed E-state index contributed by atoms with van der Waals surface area (Å²) in [7, 11) is 4.79. The minimum Gasteiger partial charge on any atom is -0.355 e. The number of nitrogens with one attached hydrogen (secondary N) is 3. The Balaban J connectivity index is 1.65. The van der Waals surface area contributed by atoms with Crippen molar-refractivity contribution < 1.29 is 18.9 Å².